The number of benzene rings is 1. The number of carbonyl (C=O) groups excluding carboxylic acids is 1. The number of amides is 1. The molecule has 22 heavy (non-hydrogen) atoms. The van der Waals surface area contributed by atoms with Crippen LogP contribution in [0.15, 0.2) is 36.0 Å². The van der Waals surface area contributed by atoms with Gasteiger partial charge in [0, 0.05) is 10.9 Å². The number of anilines is 1. The molecule has 0 atom stereocenters. The number of H-pyrrole nitrogens is 1. The highest BCUT2D eigenvalue weighted by atomic mass is 32.1. The predicted octanol–water partition coefficient (Wildman–Crippen LogP) is 3.30. The third-order valence-corrected chi connectivity index (χ3v) is 4.10. The second kappa shape index (κ2) is 6.07. The van der Waals surface area contributed by atoms with Crippen LogP contribution in [0, 0.1) is 0 Å². The summed E-state index contributed by atoms with van der Waals surface area (Å²) >= 11 is 1.44. The summed E-state index contributed by atoms with van der Waals surface area (Å²) in [4.78, 5) is 20.3. The third-order valence-electron chi connectivity index (χ3n) is 3.21. The highest BCUT2D eigenvalue weighted by Crippen LogP contribution is 2.26. The molecule has 6 nitrogen and oxygen atoms in total. The van der Waals surface area contributed by atoms with Crippen molar-refractivity contribution in [2.24, 2.45) is 0 Å². The molecule has 0 radical (unpaired) electrons. The number of nitrogens with one attached hydrogen (secondary N) is 2. The quantitative estimate of drug-likeness (QED) is 0.774. The number of hydrogen-bond acceptors (Lipinski definition) is 5. The minimum absolute atomic E-state index is 0.306. The Morgan fingerprint density at radius 2 is 2.05 bits per heavy atom. The van der Waals surface area contributed by atoms with Gasteiger partial charge in [0.25, 0.3) is 5.91 Å². The van der Waals surface area contributed by atoms with Gasteiger partial charge in [-0.05, 0) is 11.5 Å². The Bertz CT molecular complexity index is 762. The smallest absolute Gasteiger partial charge is 0.277 e. The minimum atomic E-state index is -0.307. The summed E-state index contributed by atoms with van der Waals surface area (Å²) in [5.41, 5.74) is 2.65. The Labute approximate surface area is 131 Å². The van der Waals surface area contributed by atoms with Gasteiger partial charge in [-0.15, -0.1) is 11.3 Å². The van der Waals surface area contributed by atoms with Crippen LogP contribution in [-0.2, 0) is 0 Å². The first kappa shape index (κ1) is 14.4. The molecular weight excluding hydrogens is 298 g/mol. The van der Waals surface area contributed by atoms with E-state index in [0.717, 1.165) is 10.6 Å². The van der Waals surface area contributed by atoms with Crippen molar-refractivity contribution in [3.63, 3.8) is 0 Å². The molecule has 3 rings (SSSR count). The van der Waals surface area contributed by atoms with Crippen LogP contribution in [0.3, 0.4) is 0 Å². The summed E-state index contributed by atoms with van der Waals surface area (Å²) in [6.45, 7) is 4.31. The maximum Gasteiger partial charge on any atom is 0.277 e. The van der Waals surface area contributed by atoms with Gasteiger partial charge in [-0.3, -0.25) is 10.1 Å². The second-order valence-corrected chi connectivity index (χ2v) is 5.96. The van der Waals surface area contributed by atoms with Crippen LogP contribution in [-0.4, -0.2) is 26.1 Å². The fourth-order valence-corrected chi connectivity index (χ4v) is 2.76. The number of aromatic nitrogens is 4. The van der Waals surface area contributed by atoms with Gasteiger partial charge >= 0.3 is 0 Å². The van der Waals surface area contributed by atoms with Gasteiger partial charge in [-0.25, -0.2) is 10.1 Å². The van der Waals surface area contributed by atoms with Crippen LogP contribution in [0.5, 0.6) is 0 Å². The monoisotopic (exact) mass is 313 g/mol. The fourth-order valence-electron chi connectivity index (χ4n) is 1.96. The molecule has 0 aliphatic rings. The molecule has 3 aromatic rings. The van der Waals surface area contributed by atoms with Gasteiger partial charge < -0.3 is 0 Å². The molecule has 2 heterocycles. The average Bonchev–Trinajstić information content (AvgIpc) is 3.18. The zero-order valence-corrected chi connectivity index (χ0v) is 13.0. The molecule has 2 N–H and O–H groups in total. The zero-order valence-electron chi connectivity index (χ0n) is 12.2. The lowest BCUT2D eigenvalue weighted by Gasteiger charge is -2.05. The van der Waals surface area contributed by atoms with Crippen LogP contribution in [0.25, 0.3) is 10.6 Å². The lowest BCUT2D eigenvalue weighted by Crippen LogP contribution is -2.13. The summed E-state index contributed by atoms with van der Waals surface area (Å²) in [7, 11) is 0. The first-order valence-electron chi connectivity index (χ1n) is 6.86. The van der Waals surface area contributed by atoms with Crippen molar-refractivity contribution < 1.29 is 4.79 Å². The standard InChI is InChI=1S/C15H15N5OS/c1-9(2)10-3-5-11(6-4-10)14-18-12(7-22-14)13(21)19-15-16-8-17-20-15/h3-9H,1-2H3,(H2,16,17,19,20,21). The van der Waals surface area contributed by atoms with Gasteiger partial charge in [-0.2, -0.15) is 10.1 Å². The van der Waals surface area contributed by atoms with Crippen LogP contribution in [0.1, 0.15) is 35.8 Å². The largest absolute Gasteiger partial charge is 0.289 e. The van der Waals surface area contributed by atoms with E-state index < -0.39 is 0 Å². The Morgan fingerprint density at radius 3 is 2.68 bits per heavy atom. The van der Waals surface area contributed by atoms with Gasteiger partial charge in [0.05, 0.1) is 0 Å². The zero-order chi connectivity index (χ0) is 15.5. The SMILES string of the molecule is CC(C)c1ccc(-c2nc(C(=O)Nc3ncn[nH]3)cs2)cc1. The summed E-state index contributed by atoms with van der Waals surface area (Å²) in [6, 6.07) is 8.25. The molecule has 0 saturated heterocycles. The van der Waals surface area contributed by atoms with Gasteiger partial charge in [-0.1, -0.05) is 38.1 Å². The minimum Gasteiger partial charge on any atom is -0.289 e. The topological polar surface area (TPSA) is 83.6 Å². The molecule has 0 fully saturated rings. The van der Waals surface area contributed by atoms with E-state index in [1.54, 1.807) is 5.38 Å². The molecule has 0 unspecified atom stereocenters. The predicted molar refractivity (Wildman–Crippen MR) is 86.0 cm³/mol. The van der Waals surface area contributed by atoms with Gasteiger partial charge in [0.2, 0.25) is 5.95 Å². The maximum atomic E-state index is 12.0. The van der Waals surface area contributed by atoms with Crippen LogP contribution >= 0.6 is 11.3 Å². The second-order valence-electron chi connectivity index (χ2n) is 5.10. The van der Waals surface area contributed by atoms with Crippen molar-refractivity contribution in [1.29, 1.82) is 0 Å². The lowest BCUT2D eigenvalue weighted by molar-refractivity contribution is 0.102. The molecule has 0 aliphatic heterocycles. The Balaban J connectivity index is 1.76. The van der Waals surface area contributed by atoms with Gasteiger partial charge in [0.1, 0.15) is 17.0 Å². The van der Waals surface area contributed by atoms with Crippen molar-refractivity contribution >= 4 is 23.2 Å². The first-order valence-corrected chi connectivity index (χ1v) is 7.74. The van der Waals surface area contributed by atoms with E-state index >= 15 is 0 Å². The molecule has 0 bridgehead atoms. The lowest BCUT2D eigenvalue weighted by atomic mass is 10.0. The third kappa shape index (κ3) is 3.04. The number of thiazole rings is 1. The van der Waals surface area contributed by atoms with E-state index in [9.17, 15) is 4.79 Å². The van der Waals surface area contributed by atoms with E-state index in [1.807, 2.05) is 12.1 Å². The van der Waals surface area contributed by atoms with Crippen molar-refractivity contribution in [2.75, 3.05) is 5.32 Å². The summed E-state index contributed by atoms with van der Waals surface area (Å²) in [5, 5.41) is 11.4. The Morgan fingerprint density at radius 1 is 1.27 bits per heavy atom. The number of rotatable bonds is 4. The van der Waals surface area contributed by atoms with Gasteiger partial charge in [0.15, 0.2) is 0 Å². The number of carbonyl (C=O) groups is 1. The van der Waals surface area contributed by atoms with Crippen LogP contribution < -0.4 is 5.32 Å². The molecule has 1 amide bonds. The summed E-state index contributed by atoms with van der Waals surface area (Å²) in [5.74, 6) is 0.493. The average molecular weight is 313 g/mol. The van der Waals surface area contributed by atoms with Crippen molar-refractivity contribution in [3.05, 3.63) is 47.2 Å². The molecule has 0 aliphatic carbocycles. The first-order chi connectivity index (χ1) is 10.6. The normalized spacial score (nSPS) is 10.9. The highest BCUT2D eigenvalue weighted by Gasteiger charge is 2.13. The summed E-state index contributed by atoms with van der Waals surface area (Å²) in [6.07, 6.45) is 1.33. The Hall–Kier alpha value is -2.54. The number of aromatic amines is 1. The molecule has 112 valence electrons. The fraction of sp³-hybridized carbons (Fsp3) is 0.200. The molecular formula is C15H15N5OS. The van der Waals surface area contributed by atoms with E-state index in [0.29, 0.717) is 17.6 Å². The molecule has 0 spiro atoms. The van der Waals surface area contributed by atoms with E-state index in [4.69, 9.17) is 0 Å². The summed E-state index contributed by atoms with van der Waals surface area (Å²) < 4.78 is 0. The van der Waals surface area contributed by atoms with E-state index in [-0.39, 0.29) is 5.91 Å². The van der Waals surface area contributed by atoms with Crippen LogP contribution in [0.2, 0.25) is 0 Å². The molecule has 7 heteroatoms. The number of nitrogens with zero attached hydrogens (tertiary/aromatic N) is 3. The highest BCUT2D eigenvalue weighted by molar-refractivity contribution is 7.13. The molecule has 1 aromatic carbocycles. The van der Waals surface area contributed by atoms with Crippen molar-refractivity contribution in [2.45, 2.75) is 19.8 Å². The Kier molecular flexibility index (Phi) is 3.97. The molecule has 2 aromatic heterocycles. The van der Waals surface area contributed by atoms with Crippen molar-refractivity contribution in [3.8, 4) is 10.6 Å². The maximum absolute atomic E-state index is 12.0. The van der Waals surface area contributed by atoms with E-state index in [2.05, 4.69) is 51.5 Å². The van der Waals surface area contributed by atoms with Crippen LogP contribution in [0.4, 0.5) is 5.95 Å². The van der Waals surface area contributed by atoms with E-state index in [1.165, 1.54) is 23.2 Å². The number of hydrogen-bond donors (Lipinski definition) is 2. The van der Waals surface area contributed by atoms with Crippen molar-refractivity contribution in [1.82, 2.24) is 20.2 Å². The molecule has 0 saturated carbocycles.